The normalized spacial score (nSPS) is 11.7. The van der Waals surface area contributed by atoms with Gasteiger partial charge in [0.25, 0.3) is 11.6 Å². The molecule has 0 spiro atoms. The maximum atomic E-state index is 12.0. The molecule has 1 aromatic heterocycles. The summed E-state index contributed by atoms with van der Waals surface area (Å²) in [4.78, 5) is 22.3. The van der Waals surface area contributed by atoms with E-state index in [9.17, 15) is 14.9 Å². The molecular formula is C15H18N3O5+. The lowest BCUT2D eigenvalue weighted by Gasteiger charge is -2.11. The van der Waals surface area contributed by atoms with Crippen molar-refractivity contribution in [2.45, 2.75) is 13.0 Å². The number of hydrogen-bond acceptors (Lipinski definition) is 5. The molecule has 0 aliphatic heterocycles. The maximum absolute atomic E-state index is 12.0. The average Bonchev–Trinajstić information content (AvgIpc) is 3.07. The Kier molecular flexibility index (Phi) is 5.32. The fraction of sp³-hybridized carbons (Fsp3) is 0.267. The number of nitro groups is 1. The number of ether oxygens (including phenoxy) is 1. The number of non-ortho nitro benzene ring substituents is 1. The van der Waals surface area contributed by atoms with Gasteiger partial charge in [0.05, 0.1) is 24.0 Å². The number of nitrogens with zero attached hydrogens (tertiary/aromatic N) is 1. The minimum Gasteiger partial charge on any atom is -0.495 e. The van der Waals surface area contributed by atoms with Gasteiger partial charge in [0.2, 0.25) is 0 Å². The van der Waals surface area contributed by atoms with Crippen LogP contribution in [0.5, 0.6) is 5.75 Å². The second-order valence-corrected chi connectivity index (χ2v) is 4.93. The molecule has 0 saturated carbocycles. The molecule has 1 amide bonds. The Morgan fingerprint density at radius 3 is 2.87 bits per heavy atom. The lowest BCUT2D eigenvalue weighted by atomic mass is 10.2. The summed E-state index contributed by atoms with van der Waals surface area (Å²) in [5.41, 5.74) is 0.153. The molecule has 1 heterocycles. The van der Waals surface area contributed by atoms with Gasteiger partial charge in [0.1, 0.15) is 11.8 Å². The number of amides is 1. The molecule has 8 nitrogen and oxygen atoms in total. The van der Waals surface area contributed by atoms with E-state index >= 15 is 0 Å². The molecule has 0 aliphatic rings. The zero-order valence-electron chi connectivity index (χ0n) is 12.8. The van der Waals surface area contributed by atoms with Crippen molar-refractivity contribution in [3.63, 3.8) is 0 Å². The topological polar surface area (TPSA) is 111 Å². The molecule has 3 N–H and O–H groups in total. The van der Waals surface area contributed by atoms with Crippen LogP contribution in [-0.2, 0) is 4.79 Å². The second-order valence-electron chi connectivity index (χ2n) is 4.93. The number of quaternary nitrogens is 1. The summed E-state index contributed by atoms with van der Waals surface area (Å²) in [7, 11) is 1.43. The molecule has 0 unspecified atom stereocenters. The third kappa shape index (κ3) is 4.30. The van der Waals surface area contributed by atoms with E-state index in [0.29, 0.717) is 5.75 Å². The Labute approximate surface area is 132 Å². The lowest BCUT2D eigenvalue weighted by Crippen LogP contribution is -2.86. The molecule has 2 aromatic rings. The molecule has 2 rings (SSSR count). The van der Waals surface area contributed by atoms with Crippen molar-refractivity contribution < 1.29 is 24.2 Å². The molecular weight excluding hydrogens is 302 g/mol. The molecule has 0 fully saturated rings. The Balaban J connectivity index is 1.99. The number of nitro benzene ring substituents is 1. The molecule has 8 heteroatoms. The Morgan fingerprint density at radius 2 is 2.26 bits per heavy atom. The van der Waals surface area contributed by atoms with Crippen molar-refractivity contribution >= 4 is 17.3 Å². The molecule has 0 radical (unpaired) electrons. The molecule has 1 atom stereocenters. The van der Waals surface area contributed by atoms with Crippen LogP contribution in [0.15, 0.2) is 41.0 Å². The number of rotatable bonds is 7. The molecule has 23 heavy (non-hydrogen) atoms. The van der Waals surface area contributed by atoms with Crippen LogP contribution >= 0.6 is 0 Å². The molecule has 122 valence electrons. The summed E-state index contributed by atoms with van der Waals surface area (Å²) in [6, 6.07) is 7.65. The SMILES string of the molecule is COc1ccc([N+](=O)[O-])cc1NC(=O)C[NH2+][C@H](C)c1ccco1. The Bertz CT molecular complexity index is 684. The van der Waals surface area contributed by atoms with Gasteiger partial charge >= 0.3 is 0 Å². The smallest absolute Gasteiger partial charge is 0.279 e. The van der Waals surface area contributed by atoms with Crippen LogP contribution in [0.1, 0.15) is 18.7 Å². The zero-order valence-corrected chi connectivity index (χ0v) is 12.8. The highest BCUT2D eigenvalue weighted by molar-refractivity contribution is 5.93. The van der Waals surface area contributed by atoms with E-state index in [2.05, 4.69) is 5.32 Å². The number of carbonyl (C=O) groups excluding carboxylic acids is 1. The number of hydrogen-bond donors (Lipinski definition) is 2. The van der Waals surface area contributed by atoms with E-state index in [1.54, 1.807) is 17.6 Å². The van der Waals surface area contributed by atoms with Gasteiger partial charge in [-0.2, -0.15) is 0 Å². The minimum atomic E-state index is -0.528. The van der Waals surface area contributed by atoms with Gasteiger partial charge in [-0.15, -0.1) is 0 Å². The third-order valence-corrected chi connectivity index (χ3v) is 3.32. The maximum Gasteiger partial charge on any atom is 0.279 e. The summed E-state index contributed by atoms with van der Waals surface area (Å²) < 4.78 is 10.4. The summed E-state index contributed by atoms with van der Waals surface area (Å²) in [5, 5.41) is 15.3. The minimum absolute atomic E-state index is 0.0113. The van der Waals surface area contributed by atoms with E-state index < -0.39 is 4.92 Å². The zero-order chi connectivity index (χ0) is 16.8. The van der Waals surface area contributed by atoms with Crippen LogP contribution in [0, 0.1) is 10.1 Å². The van der Waals surface area contributed by atoms with Crippen LogP contribution < -0.4 is 15.4 Å². The standard InChI is InChI=1S/C15H17N3O5/c1-10(13-4-3-7-23-13)16-9-15(19)17-12-8-11(18(20)21)5-6-14(12)22-2/h3-8,10,16H,9H2,1-2H3,(H,17,19)/p+1/t10-/m1/s1. The van der Waals surface area contributed by atoms with Crippen molar-refractivity contribution in [3.8, 4) is 5.75 Å². The van der Waals surface area contributed by atoms with E-state index in [1.807, 2.05) is 13.0 Å². The van der Waals surface area contributed by atoms with Gasteiger partial charge in [-0.3, -0.25) is 14.9 Å². The van der Waals surface area contributed by atoms with Gasteiger partial charge in [-0.1, -0.05) is 0 Å². The highest BCUT2D eigenvalue weighted by Crippen LogP contribution is 2.28. The van der Waals surface area contributed by atoms with Gasteiger partial charge in [0.15, 0.2) is 12.3 Å². The number of methoxy groups -OCH3 is 1. The molecule has 0 aliphatic carbocycles. The van der Waals surface area contributed by atoms with Crippen LogP contribution in [0.3, 0.4) is 0 Å². The average molecular weight is 320 g/mol. The van der Waals surface area contributed by atoms with Gasteiger partial charge in [-0.05, 0) is 25.1 Å². The summed E-state index contributed by atoms with van der Waals surface area (Å²) in [5.74, 6) is 0.843. The number of benzene rings is 1. The summed E-state index contributed by atoms with van der Waals surface area (Å²) >= 11 is 0. The first-order chi connectivity index (χ1) is 11.0. The number of anilines is 1. The van der Waals surface area contributed by atoms with Gasteiger partial charge in [-0.25, -0.2) is 0 Å². The number of nitrogens with two attached hydrogens (primary N) is 1. The van der Waals surface area contributed by atoms with E-state index in [1.165, 1.54) is 25.3 Å². The highest BCUT2D eigenvalue weighted by atomic mass is 16.6. The molecule has 0 saturated heterocycles. The van der Waals surface area contributed by atoms with Gasteiger partial charge in [0, 0.05) is 12.1 Å². The van der Waals surface area contributed by atoms with Crippen LogP contribution in [0.4, 0.5) is 11.4 Å². The van der Waals surface area contributed by atoms with Crippen LogP contribution in [0.25, 0.3) is 0 Å². The number of furan rings is 1. The fourth-order valence-corrected chi connectivity index (χ4v) is 2.06. The second kappa shape index (κ2) is 7.41. The van der Waals surface area contributed by atoms with Crippen molar-refractivity contribution in [1.29, 1.82) is 0 Å². The number of carbonyl (C=O) groups is 1. The van der Waals surface area contributed by atoms with E-state index in [0.717, 1.165) is 5.76 Å². The quantitative estimate of drug-likeness (QED) is 0.592. The Morgan fingerprint density at radius 1 is 1.48 bits per heavy atom. The third-order valence-electron chi connectivity index (χ3n) is 3.32. The van der Waals surface area contributed by atoms with Crippen LogP contribution in [-0.4, -0.2) is 24.5 Å². The molecule has 0 bridgehead atoms. The number of nitrogens with one attached hydrogen (secondary N) is 1. The van der Waals surface area contributed by atoms with E-state index in [-0.39, 0.29) is 29.9 Å². The van der Waals surface area contributed by atoms with Gasteiger partial charge < -0.3 is 19.8 Å². The van der Waals surface area contributed by atoms with Crippen molar-refractivity contribution in [2.24, 2.45) is 0 Å². The monoisotopic (exact) mass is 320 g/mol. The predicted octanol–water partition coefficient (Wildman–Crippen LogP) is 1.46. The van der Waals surface area contributed by atoms with E-state index in [4.69, 9.17) is 9.15 Å². The first kappa shape index (κ1) is 16.5. The Hall–Kier alpha value is -2.87. The van der Waals surface area contributed by atoms with Crippen molar-refractivity contribution in [1.82, 2.24) is 0 Å². The summed E-state index contributed by atoms with van der Waals surface area (Å²) in [6.07, 6.45) is 1.58. The predicted molar refractivity (Wildman–Crippen MR) is 82.2 cm³/mol. The van der Waals surface area contributed by atoms with Crippen molar-refractivity contribution in [3.05, 3.63) is 52.5 Å². The van der Waals surface area contributed by atoms with Crippen LogP contribution in [0.2, 0.25) is 0 Å². The highest BCUT2D eigenvalue weighted by Gasteiger charge is 2.17. The summed E-state index contributed by atoms with van der Waals surface area (Å²) in [6.45, 7) is 2.06. The first-order valence-electron chi connectivity index (χ1n) is 7.00. The first-order valence-corrected chi connectivity index (χ1v) is 7.00. The lowest BCUT2D eigenvalue weighted by molar-refractivity contribution is -0.684. The van der Waals surface area contributed by atoms with Crippen molar-refractivity contribution in [2.75, 3.05) is 19.0 Å². The molecule has 1 aromatic carbocycles. The largest absolute Gasteiger partial charge is 0.495 e. The fourth-order valence-electron chi connectivity index (χ4n) is 2.06.